The van der Waals surface area contributed by atoms with Crippen LogP contribution in [-0.4, -0.2) is 37.1 Å². The molecule has 0 aromatic rings. The fourth-order valence-electron chi connectivity index (χ4n) is 3.15. The van der Waals surface area contributed by atoms with Crippen LogP contribution in [0.3, 0.4) is 0 Å². The molecule has 2 fully saturated rings. The van der Waals surface area contributed by atoms with Crippen LogP contribution < -0.4 is 5.32 Å². The summed E-state index contributed by atoms with van der Waals surface area (Å²) in [5.74, 6) is 1.98. The quantitative estimate of drug-likeness (QED) is 0.723. The first-order chi connectivity index (χ1) is 6.70. The predicted octanol–water partition coefficient (Wildman–Crippen LogP) is 1.71. The van der Waals surface area contributed by atoms with E-state index in [4.69, 9.17) is 0 Å². The van der Waals surface area contributed by atoms with Crippen LogP contribution in [0.1, 0.15) is 33.1 Å². The van der Waals surface area contributed by atoms with Gasteiger partial charge in [-0.1, -0.05) is 0 Å². The molecule has 0 amide bonds. The van der Waals surface area contributed by atoms with E-state index in [0.717, 1.165) is 23.9 Å². The first-order valence-electron chi connectivity index (χ1n) is 6.12. The molecule has 1 aliphatic carbocycles. The number of rotatable bonds is 2. The van der Waals surface area contributed by atoms with Crippen molar-refractivity contribution in [3.05, 3.63) is 0 Å². The van der Waals surface area contributed by atoms with E-state index in [1.165, 1.54) is 32.4 Å². The van der Waals surface area contributed by atoms with Gasteiger partial charge < -0.3 is 10.2 Å². The van der Waals surface area contributed by atoms with Crippen LogP contribution in [-0.2, 0) is 0 Å². The summed E-state index contributed by atoms with van der Waals surface area (Å²) in [5, 5.41) is 3.44. The number of likely N-dealkylation sites (tertiary alicyclic amines) is 1. The highest BCUT2D eigenvalue weighted by Crippen LogP contribution is 2.36. The SMILES string of the molecule is CNC1CCC2CN(C(C)C)CC2C1. The van der Waals surface area contributed by atoms with Crippen molar-refractivity contribution in [2.75, 3.05) is 20.1 Å². The van der Waals surface area contributed by atoms with Crippen LogP contribution >= 0.6 is 0 Å². The smallest absolute Gasteiger partial charge is 0.00674 e. The molecule has 1 aliphatic heterocycles. The van der Waals surface area contributed by atoms with E-state index in [-0.39, 0.29) is 0 Å². The van der Waals surface area contributed by atoms with Gasteiger partial charge in [0.1, 0.15) is 0 Å². The fourth-order valence-corrected chi connectivity index (χ4v) is 3.15. The first kappa shape index (κ1) is 10.4. The molecular formula is C12H24N2. The van der Waals surface area contributed by atoms with E-state index in [9.17, 15) is 0 Å². The maximum absolute atomic E-state index is 3.44. The summed E-state index contributed by atoms with van der Waals surface area (Å²) in [6.07, 6.45) is 4.24. The molecule has 0 spiro atoms. The molecule has 3 unspecified atom stereocenters. The first-order valence-corrected chi connectivity index (χ1v) is 6.12. The Hall–Kier alpha value is -0.0800. The van der Waals surface area contributed by atoms with Gasteiger partial charge in [0.25, 0.3) is 0 Å². The van der Waals surface area contributed by atoms with Crippen molar-refractivity contribution in [2.45, 2.75) is 45.2 Å². The van der Waals surface area contributed by atoms with Crippen molar-refractivity contribution in [1.82, 2.24) is 10.2 Å². The molecule has 1 N–H and O–H groups in total. The Labute approximate surface area is 88.1 Å². The fraction of sp³-hybridized carbons (Fsp3) is 1.00. The van der Waals surface area contributed by atoms with E-state index in [1.807, 2.05) is 0 Å². The lowest BCUT2D eigenvalue weighted by Gasteiger charge is -2.30. The molecular weight excluding hydrogens is 172 g/mol. The van der Waals surface area contributed by atoms with Gasteiger partial charge in [-0.25, -0.2) is 0 Å². The third-order valence-corrected chi connectivity index (χ3v) is 4.22. The van der Waals surface area contributed by atoms with Crippen molar-refractivity contribution < 1.29 is 0 Å². The van der Waals surface area contributed by atoms with Crippen molar-refractivity contribution in [3.8, 4) is 0 Å². The minimum absolute atomic E-state index is 0.744. The van der Waals surface area contributed by atoms with Crippen LogP contribution in [0.4, 0.5) is 0 Å². The molecule has 0 radical (unpaired) electrons. The zero-order valence-electron chi connectivity index (χ0n) is 9.79. The third-order valence-electron chi connectivity index (χ3n) is 4.22. The second-order valence-electron chi connectivity index (χ2n) is 5.37. The van der Waals surface area contributed by atoms with E-state index >= 15 is 0 Å². The lowest BCUT2D eigenvalue weighted by Crippen LogP contribution is -2.35. The highest BCUT2D eigenvalue weighted by Gasteiger charge is 2.37. The second-order valence-corrected chi connectivity index (χ2v) is 5.37. The molecule has 1 saturated carbocycles. The molecule has 1 heterocycles. The van der Waals surface area contributed by atoms with E-state index in [0.29, 0.717) is 0 Å². The Balaban J connectivity index is 1.91. The van der Waals surface area contributed by atoms with Gasteiger partial charge in [-0.2, -0.15) is 0 Å². The molecule has 82 valence electrons. The monoisotopic (exact) mass is 196 g/mol. The number of nitrogens with one attached hydrogen (secondary N) is 1. The van der Waals surface area contributed by atoms with Gasteiger partial charge in [0, 0.05) is 25.2 Å². The third kappa shape index (κ3) is 1.96. The largest absolute Gasteiger partial charge is 0.317 e. The maximum Gasteiger partial charge on any atom is 0.00674 e. The number of nitrogens with zero attached hydrogens (tertiary/aromatic N) is 1. The molecule has 0 aromatic heterocycles. The average molecular weight is 196 g/mol. The van der Waals surface area contributed by atoms with Crippen LogP contribution in [0.15, 0.2) is 0 Å². The number of fused-ring (bicyclic) bond motifs is 1. The topological polar surface area (TPSA) is 15.3 Å². The molecule has 1 saturated heterocycles. The molecule has 2 rings (SSSR count). The van der Waals surface area contributed by atoms with Gasteiger partial charge in [0.05, 0.1) is 0 Å². The molecule has 3 atom stereocenters. The second kappa shape index (κ2) is 4.19. The van der Waals surface area contributed by atoms with Gasteiger partial charge in [-0.15, -0.1) is 0 Å². The zero-order chi connectivity index (χ0) is 10.1. The molecule has 2 nitrogen and oxygen atoms in total. The van der Waals surface area contributed by atoms with Crippen molar-refractivity contribution in [2.24, 2.45) is 11.8 Å². The summed E-state index contributed by atoms with van der Waals surface area (Å²) in [6.45, 7) is 7.36. The van der Waals surface area contributed by atoms with Gasteiger partial charge in [-0.3, -0.25) is 0 Å². The van der Waals surface area contributed by atoms with Crippen molar-refractivity contribution >= 4 is 0 Å². The molecule has 0 aromatic carbocycles. The number of hydrogen-bond donors (Lipinski definition) is 1. The Kier molecular flexibility index (Phi) is 3.13. The lowest BCUT2D eigenvalue weighted by atomic mass is 9.79. The summed E-state index contributed by atoms with van der Waals surface area (Å²) in [7, 11) is 2.11. The molecule has 2 heteroatoms. The minimum Gasteiger partial charge on any atom is -0.317 e. The predicted molar refractivity (Wildman–Crippen MR) is 60.4 cm³/mol. The van der Waals surface area contributed by atoms with Gasteiger partial charge >= 0.3 is 0 Å². The summed E-state index contributed by atoms with van der Waals surface area (Å²) >= 11 is 0. The van der Waals surface area contributed by atoms with Gasteiger partial charge in [-0.05, 0) is 52.0 Å². The van der Waals surface area contributed by atoms with Crippen LogP contribution in [0.5, 0.6) is 0 Å². The Morgan fingerprint density at radius 2 is 1.86 bits per heavy atom. The van der Waals surface area contributed by atoms with Crippen molar-refractivity contribution in [1.29, 1.82) is 0 Å². The average Bonchev–Trinajstić information content (AvgIpc) is 2.59. The molecule has 0 bridgehead atoms. The maximum atomic E-state index is 3.44. The summed E-state index contributed by atoms with van der Waals surface area (Å²) in [5.41, 5.74) is 0. The van der Waals surface area contributed by atoms with Crippen molar-refractivity contribution in [3.63, 3.8) is 0 Å². The van der Waals surface area contributed by atoms with Gasteiger partial charge in [0.15, 0.2) is 0 Å². The molecule has 2 aliphatic rings. The van der Waals surface area contributed by atoms with E-state index in [2.05, 4.69) is 31.1 Å². The minimum atomic E-state index is 0.744. The van der Waals surface area contributed by atoms with E-state index < -0.39 is 0 Å². The Morgan fingerprint density at radius 3 is 2.50 bits per heavy atom. The van der Waals surface area contributed by atoms with Crippen LogP contribution in [0, 0.1) is 11.8 Å². The number of hydrogen-bond acceptors (Lipinski definition) is 2. The summed E-state index contributed by atoms with van der Waals surface area (Å²) in [4.78, 5) is 2.66. The summed E-state index contributed by atoms with van der Waals surface area (Å²) in [6, 6.07) is 1.54. The van der Waals surface area contributed by atoms with Crippen LogP contribution in [0.2, 0.25) is 0 Å². The standard InChI is InChI=1S/C12H24N2/c1-9(2)14-7-10-4-5-12(13-3)6-11(10)8-14/h9-13H,4-8H2,1-3H3. The normalized spacial score (nSPS) is 39.0. The highest BCUT2D eigenvalue weighted by atomic mass is 15.2. The van der Waals surface area contributed by atoms with E-state index in [1.54, 1.807) is 0 Å². The molecule has 14 heavy (non-hydrogen) atoms. The van der Waals surface area contributed by atoms with Gasteiger partial charge in [0.2, 0.25) is 0 Å². The Morgan fingerprint density at radius 1 is 1.14 bits per heavy atom. The Bertz CT molecular complexity index is 191. The van der Waals surface area contributed by atoms with Crippen LogP contribution in [0.25, 0.3) is 0 Å². The highest BCUT2D eigenvalue weighted by molar-refractivity contribution is 4.91. The summed E-state index contributed by atoms with van der Waals surface area (Å²) < 4.78 is 0. The zero-order valence-corrected chi connectivity index (χ0v) is 9.79. The lowest BCUT2D eigenvalue weighted by molar-refractivity contribution is 0.250.